The first-order valence-electron chi connectivity index (χ1n) is 14.1. The Morgan fingerprint density at radius 2 is 1.20 bits per heavy atom. The second kappa shape index (κ2) is 14.7. The zero-order valence-electron chi connectivity index (χ0n) is 24.1. The summed E-state index contributed by atoms with van der Waals surface area (Å²) in [7, 11) is 0. The average molecular weight is 598 g/mol. The molecule has 218 valence electrons. The van der Waals surface area contributed by atoms with Crippen LogP contribution in [0.1, 0.15) is 32.3 Å². The van der Waals surface area contributed by atoms with Crippen molar-refractivity contribution in [3.8, 4) is 0 Å². The van der Waals surface area contributed by atoms with Gasteiger partial charge in [-0.2, -0.15) is 0 Å². The zero-order valence-corrected chi connectivity index (χ0v) is 24.9. The lowest BCUT2D eigenvalue weighted by molar-refractivity contribution is -0.116. The van der Waals surface area contributed by atoms with E-state index in [4.69, 9.17) is 0 Å². The minimum absolute atomic E-state index is 0.119. The van der Waals surface area contributed by atoms with E-state index in [1.807, 2.05) is 110 Å². The number of para-hydroxylation sites is 1. The number of aryl methyl sites for hydroxylation is 1. The summed E-state index contributed by atoms with van der Waals surface area (Å²) < 4.78 is 0. The largest absolute Gasteiger partial charge is 0.325 e. The average Bonchev–Trinajstić information content (AvgIpc) is 3.06. The van der Waals surface area contributed by atoms with Gasteiger partial charge < -0.3 is 16.0 Å². The van der Waals surface area contributed by atoms with Crippen LogP contribution in [0.15, 0.2) is 150 Å². The second-order valence-electron chi connectivity index (χ2n) is 9.98. The summed E-state index contributed by atoms with van der Waals surface area (Å²) in [6.45, 7) is 1.94. The summed E-state index contributed by atoms with van der Waals surface area (Å²) >= 11 is 1.42. The van der Waals surface area contributed by atoms with Gasteiger partial charge in [0.2, 0.25) is 5.91 Å². The fourth-order valence-electron chi connectivity index (χ4n) is 4.43. The Labute approximate surface area is 261 Å². The maximum atomic E-state index is 13.5. The van der Waals surface area contributed by atoms with Gasteiger partial charge in [0.1, 0.15) is 10.9 Å². The third-order valence-corrected chi connectivity index (χ3v) is 8.03. The lowest BCUT2D eigenvalue weighted by atomic mass is 10.1. The van der Waals surface area contributed by atoms with Crippen LogP contribution in [0, 0.1) is 6.92 Å². The Morgan fingerprint density at radius 3 is 1.86 bits per heavy atom. The smallest absolute Gasteiger partial charge is 0.272 e. The second-order valence-corrected chi connectivity index (χ2v) is 11.2. The van der Waals surface area contributed by atoms with Gasteiger partial charge in [0.05, 0.1) is 0 Å². The van der Waals surface area contributed by atoms with Crippen molar-refractivity contribution >= 4 is 46.9 Å². The highest BCUT2D eigenvalue weighted by Crippen LogP contribution is 2.36. The molecule has 0 aliphatic carbocycles. The van der Waals surface area contributed by atoms with Crippen LogP contribution in [0.25, 0.3) is 6.08 Å². The normalized spacial score (nSPS) is 11.7. The number of amides is 3. The van der Waals surface area contributed by atoms with Gasteiger partial charge in [-0.3, -0.25) is 14.4 Å². The first-order chi connectivity index (χ1) is 21.5. The van der Waals surface area contributed by atoms with Crippen LogP contribution in [0.4, 0.5) is 11.4 Å². The molecule has 3 N–H and O–H groups in total. The third-order valence-electron chi connectivity index (χ3n) is 6.77. The van der Waals surface area contributed by atoms with Gasteiger partial charge in [0.25, 0.3) is 11.8 Å². The number of thioether (sulfide) groups is 1. The minimum atomic E-state index is -0.492. The van der Waals surface area contributed by atoms with Crippen LogP contribution in [-0.4, -0.2) is 17.7 Å². The van der Waals surface area contributed by atoms with Crippen molar-refractivity contribution in [1.29, 1.82) is 0 Å². The molecule has 5 aromatic rings. The molecule has 5 rings (SSSR count). The molecule has 0 radical (unpaired) electrons. The fourth-order valence-corrected chi connectivity index (χ4v) is 5.45. The van der Waals surface area contributed by atoms with E-state index in [1.54, 1.807) is 42.5 Å². The highest BCUT2D eigenvalue weighted by Gasteiger charge is 2.22. The van der Waals surface area contributed by atoms with Crippen molar-refractivity contribution in [2.24, 2.45) is 0 Å². The van der Waals surface area contributed by atoms with Crippen molar-refractivity contribution in [3.05, 3.63) is 167 Å². The van der Waals surface area contributed by atoms with E-state index in [1.165, 1.54) is 11.8 Å². The molecular weight excluding hydrogens is 566 g/mol. The number of carbonyl (C=O) groups excluding carboxylic acids is 3. The lowest BCUT2D eigenvalue weighted by Gasteiger charge is -2.17. The van der Waals surface area contributed by atoms with Crippen molar-refractivity contribution in [3.63, 3.8) is 0 Å². The molecule has 0 aliphatic heterocycles. The van der Waals surface area contributed by atoms with Crippen molar-refractivity contribution in [2.45, 2.75) is 17.1 Å². The van der Waals surface area contributed by atoms with Crippen molar-refractivity contribution in [2.75, 3.05) is 10.6 Å². The highest BCUT2D eigenvalue weighted by molar-refractivity contribution is 8.00. The summed E-state index contributed by atoms with van der Waals surface area (Å²) in [6, 6.07) is 42.6. The molecule has 0 aromatic heterocycles. The predicted molar refractivity (Wildman–Crippen MR) is 178 cm³/mol. The minimum Gasteiger partial charge on any atom is -0.325 e. The fraction of sp³-hybridized carbons (Fsp3) is 0.0541. The summed E-state index contributed by atoms with van der Waals surface area (Å²) in [5, 5.41) is 8.19. The Morgan fingerprint density at radius 1 is 0.636 bits per heavy atom. The van der Waals surface area contributed by atoms with Gasteiger partial charge in [-0.25, -0.2) is 0 Å². The number of anilines is 2. The molecule has 0 aliphatic rings. The van der Waals surface area contributed by atoms with E-state index in [0.717, 1.165) is 27.3 Å². The summed E-state index contributed by atoms with van der Waals surface area (Å²) in [5.74, 6) is -0.972. The van der Waals surface area contributed by atoms with Crippen LogP contribution >= 0.6 is 11.8 Å². The number of hydrogen-bond donors (Lipinski definition) is 3. The van der Waals surface area contributed by atoms with Gasteiger partial charge in [-0.05, 0) is 78.2 Å². The molecule has 6 nitrogen and oxygen atoms in total. The number of nitrogens with one attached hydrogen (secondary N) is 3. The predicted octanol–water partition coefficient (Wildman–Crippen LogP) is 7.88. The topological polar surface area (TPSA) is 87.3 Å². The number of hydrogen-bond acceptors (Lipinski definition) is 4. The number of benzene rings is 5. The zero-order chi connectivity index (χ0) is 30.7. The molecule has 1 unspecified atom stereocenters. The molecular formula is C37H31N3O3S. The van der Waals surface area contributed by atoms with Crippen molar-refractivity contribution < 1.29 is 14.4 Å². The van der Waals surface area contributed by atoms with Gasteiger partial charge in [0.15, 0.2) is 0 Å². The third kappa shape index (κ3) is 8.12. The Kier molecular flexibility index (Phi) is 10.0. The molecule has 0 saturated carbocycles. The number of carbonyl (C=O) groups is 3. The molecule has 44 heavy (non-hydrogen) atoms. The van der Waals surface area contributed by atoms with Crippen LogP contribution in [0.3, 0.4) is 0 Å². The van der Waals surface area contributed by atoms with Gasteiger partial charge >= 0.3 is 0 Å². The van der Waals surface area contributed by atoms with Crippen LogP contribution in [0.2, 0.25) is 0 Å². The summed E-state index contributed by atoms with van der Waals surface area (Å²) in [6.07, 6.45) is 1.67. The molecule has 0 heterocycles. The van der Waals surface area contributed by atoms with E-state index < -0.39 is 11.2 Å². The van der Waals surface area contributed by atoms with Crippen LogP contribution in [0.5, 0.6) is 0 Å². The molecule has 3 amide bonds. The van der Waals surface area contributed by atoms with E-state index >= 15 is 0 Å². The van der Waals surface area contributed by atoms with Gasteiger partial charge in [-0.15, -0.1) is 11.8 Å². The molecule has 5 aromatic carbocycles. The van der Waals surface area contributed by atoms with Crippen molar-refractivity contribution in [1.82, 2.24) is 5.32 Å². The maximum absolute atomic E-state index is 13.5. The van der Waals surface area contributed by atoms with E-state index in [0.29, 0.717) is 11.3 Å². The molecule has 0 fully saturated rings. The van der Waals surface area contributed by atoms with E-state index in [9.17, 15) is 14.4 Å². The lowest BCUT2D eigenvalue weighted by Crippen LogP contribution is -2.30. The van der Waals surface area contributed by atoms with E-state index in [-0.39, 0.29) is 17.5 Å². The summed E-state index contributed by atoms with van der Waals surface area (Å²) in [5.41, 5.74) is 4.51. The number of rotatable bonds is 10. The Bertz CT molecular complexity index is 1760. The monoisotopic (exact) mass is 597 g/mol. The van der Waals surface area contributed by atoms with Gasteiger partial charge in [0, 0.05) is 21.8 Å². The van der Waals surface area contributed by atoms with Gasteiger partial charge in [-0.1, -0.05) is 91.0 Å². The maximum Gasteiger partial charge on any atom is 0.272 e. The quantitative estimate of drug-likeness (QED) is 0.113. The standard InChI is InChI=1S/C37H31N3O3S/c1-26-13-11-12-18-29(26)25-33(40-35(41)28-16-7-3-8-17-28)36(42)38-31-21-23-32(24-22-31)44-34(27-14-5-2-6-15-27)37(43)39-30-19-9-4-10-20-30/h2-25,34H,1H3,(H,38,42)(H,39,43)(H,40,41)/b33-25-. The SMILES string of the molecule is Cc1ccccc1/C=C(\NC(=O)c1ccccc1)C(=O)Nc1ccc(SC(C(=O)Nc2ccccc2)c2ccccc2)cc1. The van der Waals surface area contributed by atoms with Crippen LogP contribution in [-0.2, 0) is 9.59 Å². The molecule has 1 atom stereocenters. The Hall–Kier alpha value is -5.40. The summed E-state index contributed by atoms with van der Waals surface area (Å²) in [4.78, 5) is 40.6. The molecule has 0 saturated heterocycles. The molecule has 0 bridgehead atoms. The highest BCUT2D eigenvalue weighted by atomic mass is 32.2. The molecule has 7 heteroatoms. The van der Waals surface area contributed by atoms with Crippen LogP contribution < -0.4 is 16.0 Å². The van der Waals surface area contributed by atoms with E-state index in [2.05, 4.69) is 16.0 Å². The molecule has 0 spiro atoms. The first kappa shape index (κ1) is 30.1. The first-order valence-corrected chi connectivity index (χ1v) is 15.0. The Balaban J connectivity index is 1.33.